The largest absolute Gasteiger partial charge is 0.260 e. The minimum absolute atomic E-state index is 0.488. The van der Waals surface area contributed by atoms with Crippen LogP contribution in [-0.2, 0) is 19.8 Å². The van der Waals surface area contributed by atoms with Crippen LogP contribution in [0.25, 0.3) is 22.4 Å². The third kappa shape index (κ3) is 2.94. The van der Waals surface area contributed by atoms with Gasteiger partial charge in [0, 0.05) is 33.1 Å². The maximum absolute atomic E-state index is 8.71. The highest BCUT2D eigenvalue weighted by Crippen LogP contribution is 2.41. The van der Waals surface area contributed by atoms with Gasteiger partial charge in [0.1, 0.15) is 7.05 Å². The van der Waals surface area contributed by atoms with Crippen molar-refractivity contribution < 1.29 is 7.31 Å². The van der Waals surface area contributed by atoms with Gasteiger partial charge in [-0.2, -0.15) is 0 Å². The van der Waals surface area contributed by atoms with Crippen LogP contribution in [0.15, 0.2) is 48.8 Å². The number of hydrogen-bond donors (Lipinski definition) is 0. The maximum Gasteiger partial charge on any atom is 0.213 e. The number of rotatable bonds is 2. The summed E-state index contributed by atoms with van der Waals surface area (Å²) in [5, 5.41) is 0. The van der Waals surface area contributed by atoms with E-state index in [1.165, 1.54) is 27.8 Å². The van der Waals surface area contributed by atoms with E-state index in [1.54, 1.807) is 0 Å². The molecular weight excluding hydrogens is 316 g/mol. The molecule has 3 aromatic rings. The molecule has 0 fully saturated rings. The van der Waals surface area contributed by atoms with Crippen LogP contribution >= 0.6 is 0 Å². The van der Waals surface area contributed by atoms with Crippen molar-refractivity contribution in [3.8, 4) is 22.4 Å². The van der Waals surface area contributed by atoms with Gasteiger partial charge in [0.15, 0.2) is 6.20 Å². The highest BCUT2D eigenvalue weighted by molar-refractivity contribution is 5.84. The summed E-state index contributed by atoms with van der Waals surface area (Å²) >= 11 is 0. The van der Waals surface area contributed by atoms with E-state index < -0.39 is 11.8 Å². The van der Waals surface area contributed by atoms with Crippen molar-refractivity contribution in [3.63, 3.8) is 0 Å². The summed E-state index contributed by atoms with van der Waals surface area (Å²) in [4.78, 5) is 4.58. The van der Waals surface area contributed by atoms with E-state index in [4.69, 9.17) is 2.74 Å². The van der Waals surface area contributed by atoms with Gasteiger partial charge in [-0.25, -0.2) is 4.57 Å². The van der Waals surface area contributed by atoms with Gasteiger partial charge in [0.25, 0.3) is 0 Å². The van der Waals surface area contributed by atoms with Crippen molar-refractivity contribution in [2.75, 3.05) is 0 Å². The van der Waals surface area contributed by atoms with Crippen LogP contribution in [-0.4, -0.2) is 4.98 Å². The summed E-state index contributed by atoms with van der Waals surface area (Å²) in [5.74, 6) is 0. The minimum Gasteiger partial charge on any atom is -0.260 e. The lowest BCUT2D eigenvalue weighted by molar-refractivity contribution is -0.660. The van der Waals surface area contributed by atoms with Crippen molar-refractivity contribution >= 4 is 0 Å². The van der Waals surface area contributed by atoms with E-state index in [9.17, 15) is 0 Å². The predicted molar refractivity (Wildman–Crippen MR) is 107 cm³/mol. The molecule has 1 aliphatic rings. The Balaban J connectivity index is 1.94. The summed E-state index contributed by atoms with van der Waals surface area (Å²) in [5.41, 5.74) is 8.55. The molecule has 0 amide bonds. The number of benzene rings is 1. The molecule has 1 aromatic carbocycles. The normalized spacial score (nSPS) is 14.5. The van der Waals surface area contributed by atoms with Gasteiger partial charge in [-0.3, -0.25) is 4.98 Å². The number of fused-ring (bicyclic) bond motifs is 3. The number of pyridine rings is 2. The monoisotopic (exact) mass is 345 g/mol. The van der Waals surface area contributed by atoms with E-state index in [0.717, 1.165) is 23.4 Å². The van der Waals surface area contributed by atoms with E-state index in [2.05, 4.69) is 34.7 Å². The van der Waals surface area contributed by atoms with Gasteiger partial charge in [0.2, 0.25) is 5.69 Å². The molecule has 0 saturated carbocycles. The zero-order chi connectivity index (χ0) is 20.3. The average molecular weight is 346 g/mol. The Hall–Kier alpha value is -2.48. The highest BCUT2D eigenvalue weighted by atomic mass is 14.9. The van der Waals surface area contributed by atoms with Gasteiger partial charge < -0.3 is 0 Å². The molecule has 0 saturated heterocycles. The van der Waals surface area contributed by atoms with Gasteiger partial charge in [0.05, 0.1) is 11.3 Å². The molecule has 4 rings (SSSR count). The Labute approximate surface area is 159 Å². The first kappa shape index (κ1) is 14.7. The number of nitrogens with zero attached hydrogens (tertiary/aromatic N) is 2. The first-order chi connectivity index (χ1) is 13.1. The predicted octanol–water partition coefficient (Wildman–Crippen LogP) is 5.04. The van der Waals surface area contributed by atoms with Crippen LogP contribution in [0, 0.1) is 12.3 Å². The van der Waals surface area contributed by atoms with Gasteiger partial charge in [-0.05, 0) is 47.0 Å². The smallest absolute Gasteiger partial charge is 0.213 e. The molecule has 0 unspecified atom stereocenters. The third-order valence-electron chi connectivity index (χ3n) is 4.97. The summed E-state index contributed by atoms with van der Waals surface area (Å²) in [6.45, 7) is 7.99. The minimum atomic E-state index is -1.42. The molecule has 0 spiro atoms. The molecule has 2 heterocycles. The first-order valence-corrected chi connectivity index (χ1v) is 9.18. The molecule has 2 aromatic heterocycles. The van der Waals surface area contributed by atoms with E-state index in [0.29, 0.717) is 0 Å². The van der Waals surface area contributed by atoms with Gasteiger partial charge in [-0.1, -0.05) is 39.0 Å². The molecule has 0 aliphatic heterocycles. The molecule has 0 atom stereocenters. The summed E-state index contributed by atoms with van der Waals surface area (Å²) in [6, 6.07) is 12.4. The lowest BCUT2D eigenvalue weighted by Gasteiger charge is -2.18. The van der Waals surface area contributed by atoms with Crippen molar-refractivity contribution in [1.29, 1.82) is 0 Å². The fourth-order valence-corrected chi connectivity index (χ4v) is 3.88. The van der Waals surface area contributed by atoms with Crippen LogP contribution in [0.5, 0.6) is 0 Å². The molecule has 2 heteroatoms. The standard InChI is InChI=1S/C24H27N2/c1-16-8-9-18-19-7-6-11-25-21(19)14-20(18)23(16)22-13-17(10-12-26(22)5)15-24(2,3)4/h6-13H,14-15H2,1-5H3/q+1/i15D2. The molecule has 26 heavy (non-hydrogen) atoms. The molecule has 0 bridgehead atoms. The van der Waals surface area contributed by atoms with Crippen molar-refractivity contribution in [3.05, 3.63) is 71.2 Å². The number of aryl methyl sites for hydroxylation is 2. The second-order valence-electron chi connectivity index (χ2n) is 8.24. The molecule has 1 aliphatic carbocycles. The molecule has 2 nitrogen and oxygen atoms in total. The van der Waals surface area contributed by atoms with Crippen LogP contribution in [0.2, 0.25) is 0 Å². The summed E-state index contributed by atoms with van der Waals surface area (Å²) < 4.78 is 19.5. The van der Waals surface area contributed by atoms with E-state index >= 15 is 0 Å². The molecular formula is C24H27N2+. The van der Waals surface area contributed by atoms with Crippen molar-refractivity contribution in [1.82, 2.24) is 4.98 Å². The number of aromatic nitrogens is 2. The fraction of sp³-hybridized carbons (Fsp3) is 0.333. The fourth-order valence-electron chi connectivity index (χ4n) is 3.88. The van der Waals surface area contributed by atoms with Crippen LogP contribution < -0.4 is 4.57 Å². The Morgan fingerprint density at radius 2 is 1.96 bits per heavy atom. The zero-order valence-corrected chi connectivity index (χ0v) is 16.2. The van der Waals surface area contributed by atoms with Crippen LogP contribution in [0.1, 0.15) is 45.9 Å². The third-order valence-corrected chi connectivity index (χ3v) is 4.97. The lowest BCUT2D eigenvalue weighted by atomic mass is 9.87. The van der Waals surface area contributed by atoms with Crippen molar-refractivity contribution in [2.45, 2.75) is 40.5 Å². The van der Waals surface area contributed by atoms with E-state index in [1.807, 2.05) is 58.4 Å². The van der Waals surface area contributed by atoms with Crippen molar-refractivity contribution in [2.24, 2.45) is 12.5 Å². The van der Waals surface area contributed by atoms with Crippen LogP contribution in [0.4, 0.5) is 0 Å². The molecule has 132 valence electrons. The quantitative estimate of drug-likeness (QED) is 0.465. The topological polar surface area (TPSA) is 16.8 Å². The Morgan fingerprint density at radius 3 is 2.73 bits per heavy atom. The van der Waals surface area contributed by atoms with Gasteiger partial charge in [-0.15, -0.1) is 0 Å². The highest BCUT2D eigenvalue weighted by Gasteiger charge is 2.27. The molecule has 0 radical (unpaired) electrons. The SMILES string of the molecule is [2H]C([2H])(c1cc[n+](C)c(-c2c(C)ccc3c2Cc2ncccc2-3)c1)C(C)(C)C. The first-order valence-electron chi connectivity index (χ1n) is 10.2. The maximum atomic E-state index is 8.71. The lowest BCUT2D eigenvalue weighted by Crippen LogP contribution is -2.31. The Bertz CT molecular complexity index is 1080. The average Bonchev–Trinajstić information content (AvgIpc) is 3.00. The number of hydrogen-bond acceptors (Lipinski definition) is 1. The summed E-state index contributed by atoms with van der Waals surface area (Å²) in [6.07, 6.45) is 3.23. The Kier molecular flexibility index (Phi) is 3.41. The zero-order valence-electron chi connectivity index (χ0n) is 18.2. The second kappa shape index (κ2) is 6.05. The van der Waals surface area contributed by atoms with Crippen LogP contribution in [0.3, 0.4) is 0 Å². The Morgan fingerprint density at radius 1 is 1.15 bits per heavy atom. The second-order valence-corrected chi connectivity index (χ2v) is 8.24. The van der Waals surface area contributed by atoms with E-state index in [-0.39, 0.29) is 0 Å². The molecule has 0 N–H and O–H groups in total. The van der Waals surface area contributed by atoms with Gasteiger partial charge >= 0.3 is 0 Å². The summed E-state index contributed by atoms with van der Waals surface area (Å²) in [7, 11) is 2.03.